The zero-order valence-corrected chi connectivity index (χ0v) is 17.7. The number of carbonyl (C=O) groups excluding carboxylic acids is 2. The molecule has 0 bridgehead atoms. The molecule has 8 nitrogen and oxygen atoms in total. The number of anilines is 1. The number of rotatable bonds is 6. The number of carbonyl (C=O) groups is 2. The van der Waals surface area contributed by atoms with Gasteiger partial charge in [-0.1, -0.05) is 36.3 Å². The average Bonchev–Trinajstić information content (AvgIpc) is 3.38. The van der Waals surface area contributed by atoms with Crippen molar-refractivity contribution in [1.82, 2.24) is 15.1 Å². The Morgan fingerprint density at radius 1 is 1.13 bits per heavy atom. The summed E-state index contributed by atoms with van der Waals surface area (Å²) in [5, 5.41) is 12.2. The van der Waals surface area contributed by atoms with Crippen LogP contribution in [0.25, 0.3) is 0 Å². The zero-order valence-electron chi connectivity index (χ0n) is 16.8. The van der Waals surface area contributed by atoms with Crippen molar-refractivity contribution < 1.29 is 19.1 Å². The van der Waals surface area contributed by atoms with Gasteiger partial charge in [0, 0.05) is 19.7 Å². The molecule has 0 spiro atoms. The molecule has 3 heterocycles. The Morgan fingerprint density at radius 2 is 1.93 bits per heavy atom. The van der Waals surface area contributed by atoms with E-state index in [4.69, 9.17) is 9.47 Å². The van der Waals surface area contributed by atoms with Crippen molar-refractivity contribution in [2.75, 3.05) is 31.6 Å². The fraction of sp³-hybridized carbons (Fsp3) is 0.524. The highest BCUT2D eigenvalue weighted by Gasteiger charge is 2.23. The monoisotopic (exact) mass is 430 g/mol. The van der Waals surface area contributed by atoms with Gasteiger partial charge < -0.3 is 14.4 Å². The summed E-state index contributed by atoms with van der Waals surface area (Å²) < 4.78 is 11.3. The van der Waals surface area contributed by atoms with Crippen LogP contribution in [0, 0.1) is 0 Å². The van der Waals surface area contributed by atoms with Crippen LogP contribution in [0.2, 0.25) is 0 Å². The first-order valence-electron chi connectivity index (χ1n) is 10.5. The first-order chi connectivity index (χ1) is 14.7. The molecule has 2 aliphatic heterocycles. The van der Waals surface area contributed by atoms with Crippen LogP contribution in [0.5, 0.6) is 5.75 Å². The van der Waals surface area contributed by atoms with Gasteiger partial charge >= 0.3 is 0 Å². The van der Waals surface area contributed by atoms with E-state index in [2.05, 4.69) is 15.5 Å². The largest absolute Gasteiger partial charge is 0.483 e. The molecular weight excluding hydrogens is 404 g/mol. The number of amides is 2. The quantitative estimate of drug-likeness (QED) is 0.755. The van der Waals surface area contributed by atoms with E-state index in [1.165, 1.54) is 11.3 Å². The van der Waals surface area contributed by atoms with Gasteiger partial charge in [0.05, 0.1) is 5.56 Å². The van der Waals surface area contributed by atoms with E-state index in [0.29, 0.717) is 16.4 Å². The van der Waals surface area contributed by atoms with Crippen molar-refractivity contribution in [2.24, 2.45) is 0 Å². The predicted molar refractivity (Wildman–Crippen MR) is 113 cm³/mol. The zero-order chi connectivity index (χ0) is 20.8. The molecule has 1 aromatic heterocycles. The summed E-state index contributed by atoms with van der Waals surface area (Å²) in [6, 6.07) is 6.91. The van der Waals surface area contributed by atoms with Crippen LogP contribution in [-0.4, -0.2) is 53.2 Å². The molecule has 4 rings (SSSR count). The number of hydrogen-bond acceptors (Lipinski definition) is 7. The summed E-state index contributed by atoms with van der Waals surface area (Å²) in [4.78, 5) is 27.1. The fourth-order valence-electron chi connectivity index (χ4n) is 3.68. The lowest BCUT2D eigenvalue weighted by Gasteiger charge is -2.20. The molecule has 1 atom stereocenters. The van der Waals surface area contributed by atoms with E-state index in [-0.39, 0.29) is 24.5 Å². The Labute approximate surface area is 179 Å². The summed E-state index contributed by atoms with van der Waals surface area (Å²) in [6.07, 6.45) is 6.27. The van der Waals surface area contributed by atoms with E-state index in [1.807, 2.05) is 4.90 Å². The first kappa shape index (κ1) is 20.7. The van der Waals surface area contributed by atoms with Crippen molar-refractivity contribution in [3.05, 3.63) is 34.8 Å². The normalized spacial score (nSPS) is 19.3. The third-order valence-corrected chi connectivity index (χ3v) is 6.24. The maximum atomic E-state index is 12.8. The minimum Gasteiger partial charge on any atom is -0.483 e. The maximum absolute atomic E-state index is 12.8. The number of benzene rings is 1. The van der Waals surface area contributed by atoms with Crippen molar-refractivity contribution in [1.29, 1.82) is 0 Å². The standard InChI is InChI=1S/C21H26N4O4S/c26-18(25-11-5-1-2-6-12-25)14-29-16-9-4-3-8-15(16)19(27)22-21-24-23-20(30-21)17-10-7-13-28-17/h3-4,8-9,17H,1-2,5-7,10-14H2,(H,22,24,27). The van der Waals surface area contributed by atoms with Gasteiger partial charge in [0.15, 0.2) is 6.61 Å². The maximum Gasteiger partial charge on any atom is 0.261 e. The SMILES string of the molecule is O=C(Nc1nnc(C2CCCO2)s1)c1ccccc1OCC(=O)N1CCCCCC1. The molecule has 30 heavy (non-hydrogen) atoms. The Morgan fingerprint density at radius 3 is 2.70 bits per heavy atom. The highest BCUT2D eigenvalue weighted by atomic mass is 32.1. The van der Waals surface area contributed by atoms with Gasteiger partial charge in [-0.3, -0.25) is 14.9 Å². The molecule has 1 aromatic carbocycles. The van der Waals surface area contributed by atoms with Crippen LogP contribution in [0.1, 0.15) is 60.0 Å². The molecule has 2 amide bonds. The van der Waals surface area contributed by atoms with Gasteiger partial charge in [-0.15, -0.1) is 10.2 Å². The summed E-state index contributed by atoms with van der Waals surface area (Å²) in [5.74, 6) is -0.0117. The van der Waals surface area contributed by atoms with Crippen LogP contribution in [-0.2, 0) is 9.53 Å². The molecular formula is C21H26N4O4S. The molecule has 1 unspecified atom stereocenters. The molecule has 2 aliphatic rings. The molecule has 0 aliphatic carbocycles. The number of nitrogens with one attached hydrogen (secondary N) is 1. The van der Waals surface area contributed by atoms with Crippen molar-refractivity contribution in [3.63, 3.8) is 0 Å². The molecule has 0 radical (unpaired) electrons. The first-order valence-corrected chi connectivity index (χ1v) is 11.3. The van der Waals surface area contributed by atoms with E-state index in [9.17, 15) is 9.59 Å². The molecule has 2 fully saturated rings. The lowest BCUT2D eigenvalue weighted by Crippen LogP contribution is -2.35. The number of likely N-dealkylation sites (tertiary alicyclic amines) is 1. The number of para-hydroxylation sites is 1. The highest BCUT2D eigenvalue weighted by Crippen LogP contribution is 2.32. The molecule has 0 saturated carbocycles. The minimum atomic E-state index is -0.345. The molecule has 2 aromatic rings. The minimum absolute atomic E-state index is 0.0335. The molecule has 9 heteroatoms. The van der Waals surface area contributed by atoms with Crippen molar-refractivity contribution in [2.45, 2.75) is 44.6 Å². The van der Waals surface area contributed by atoms with Crippen LogP contribution in [0.3, 0.4) is 0 Å². The van der Waals surface area contributed by atoms with Crippen molar-refractivity contribution >= 4 is 28.3 Å². The average molecular weight is 431 g/mol. The van der Waals surface area contributed by atoms with Gasteiger partial charge in [0.2, 0.25) is 5.13 Å². The third-order valence-electron chi connectivity index (χ3n) is 5.31. The Balaban J connectivity index is 1.37. The smallest absolute Gasteiger partial charge is 0.261 e. The van der Waals surface area contributed by atoms with E-state index in [0.717, 1.165) is 63.2 Å². The molecule has 1 N–H and O–H groups in total. The van der Waals surface area contributed by atoms with E-state index >= 15 is 0 Å². The van der Waals surface area contributed by atoms with Gasteiger partial charge in [-0.2, -0.15) is 0 Å². The van der Waals surface area contributed by atoms with Crippen LogP contribution in [0.15, 0.2) is 24.3 Å². The summed E-state index contributed by atoms with van der Waals surface area (Å²) in [7, 11) is 0. The Kier molecular flexibility index (Phi) is 6.91. The second kappa shape index (κ2) is 9.99. The highest BCUT2D eigenvalue weighted by molar-refractivity contribution is 7.15. The summed E-state index contributed by atoms with van der Waals surface area (Å²) in [5.41, 5.74) is 0.357. The van der Waals surface area contributed by atoms with Crippen LogP contribution in [0.4, 0.5) is 5.13 Å². The predicted octanol–water partition coefficient (Wildman–Crippen LogP) is 3.42. The van der Waals surface area contributed by atoms with Gasteiger partial charge in [0.25, 0.3) is 11.8 Å². The summed E-state index contributed by atoms with van der Waals surface area (Å²) in [6.45, 7) is 2.20. The number of hydrogen-bond donors (Lipinski definition) is 1. The Bertz CT molecular complexity index is 873. The van der Waals surface area contributed by atoms with Crippen LogP contribution >= 0.6 is 11.3 Å². The second-order valence-electron chi connectivity index (χ2n) is 7.48. The third kappa shape index (κ3) is 5.14. The number of nitrogens with zero attached hydrogens (tertiary/aromatic N) is 3. The second-order valence-corrected chi connectivity index (χ2v) is 8.49. The molecule has 2 saturated heterocycles. The number of aromatic nitrogens is 2. The van der Waals surface area contributed by atoms with E-state index < -0.39 is 0 Å². The fourth-order valence-corrected chi connectivity index (χ4v) is 4.51. The summed E-state index contributed by atoms with van der Waals surface area (Å²) >= 11 is 1.32. The Hall–Kier alpha value is -2.52. The van der Waals surface area contributed by atoms with Gasteiger partial charge in [-0.05, 0) is 37.8 Å². The van der Waals surface area contributed by atoms with Gasteiger partial charge in [-0.25, -0.2) is 0 Å². The lowest BCUT2D eigenvalue weighted by atomic mass is 10.2. The van der Waals surface area contributed by atoms with Crippen LogP contribution < -0.4 is 10.1 Å². The van der Waals surface area contributed by atoms with Gasteiger partial charge in [0.1, 0.15) is 16.9 Å². The lowest BCUT2D eigenvalue weighted by molar-refractivity contribution is -0.133. The van der Waals surface area contributed by atoms with E-state index in [1.54, 1.807) is 24.3 Å². The topological polar surface area (TPSA) is 93.6 Å². The molecule has 160 valence electrons. The number of ether oxygens (including phenoxy) is 2. The van der Waals surface area contributed by atoms with Crippen molar-refractivity contribution in [3.8, 4) is 5.75 Å².